The zero-order chi connectivity index (χ0) is 15.5. The summed E-state index contributed by atoms with van der Waals surface area (Å²) in [5.74, 6) is -2.80. The van der Waals surface area contributed by atoms with Crippen LogP contribution in [0.1, 0.15) is 22.1 Å². The summed E-state index contributed by atoms with van der Waals surface area (Å²) in [6.07, 6.45) is -1.93. The van der Waals surface area contributed by atoms with Gasteiger partial charge in [-0.3, -0.25) is 4.55 Å². The van der Waals surface area contributed by atoms with Crippen LogP contribution >= 0.6 is 0 Å². The van der Waals surface area contributed by atoms with Crippen LogP contribution in [0.3, 0.4) is 0 Å². The number of ether oxygens (including phenoxy) is 1. The number of esters is 1. The molecule has 1 aromatic rings. The van der Waals surface area contributed by atoms with E-state index in [4.69, 9.17) is 19.9 Å². The molecule has 0 atom stereocenters. The molecule has 0 amide bonds. The van der Waals surface area contributed by atoms with Gasteiger partial charge in [0.1, 0.15) is 6.61 Å². The average molecular weight is 330 g/mol. The van der Waals surface area contributed by atoms with Crippen molar-refractivity contribution in [1.29, 1.82) is 0 Å². The fourth-order valence-electron chi connectivity index (χ4n) is 1.27. The Labute approximate surface area is 142 Å². The summed E-state index contributed by atoms with van der Waals surface area (Å²) in [6.45, 7) is -0.780. The summed E-state index contributed by atoms with van der Waals surface area (Å²) in [7, 11) is -4.62. The van der Waals surface area contributed by atoms with Gasteiger partial charge in [-0.05, 0) is 18.2 Å². The molecule has 0 unspecified atom stereocenters. The number of rotatable bonds is 5. The minimum atomic E-state index is -4.62. The molecule has 112 valence electrons. The molecule has 0 fully saturated rings. The Bertz CT molecular complexity index is 644. The van der Waals surface area contributed by atoms with Gasteiger partial charge < -0.3 is 21.5 Å². The van der Waals surface area contributed by atoms with Crippen molar-refractivity contribution in [1.82, 2.24) is 0 Å². The van der Waals surface area contributed by atoms with E-state index in [9.17, 15) is 18.0 Å². The molecule has 1 rings (SSSR count). The molecule has 0 saturated carbocycles. The zero-order valence-electron chi connectivity index (χ0n) is 11.8. The third-order valence-corrected chi connectivity index (χ3v) is 2.95. The van der Waals surface area contributed by atoms with Gasteiger partial charge in [-0.2, -0.15) is 8.42 Å². The van der Waals surface area contributed by atoms with Gasteiger partial charge in [0.25, 0.3) is 10.1 Å². The van der Waals surface area contributed by atoms with Crippen LogP contribution in [0.5, 0.6) is 0 Å². The monoisotopic (exact) mass is 330 g/mol. The topological polar surface area (TPSA) is 158 Å². The van der Waals surface area contributed by atoms with E-state index >= 15 is 0 Å². The number of benzene rings is 1. The Morgan fingerprint density at radius 3 is 2.24 bits per heavy atom. The van der Waals surface area contributed by atoms with Gasteiger partial charge >= 0.3 is 41.5 Å². The summed E-state index contributed by atoms with van der Waals surface area (Å²) in [4.78, 5) is 21.8. The van der Waals surface area contributed by atoms with Gasteiger partial charge in [0.2, 0.25) is 0 Å². The molecule has 9 nitrogen and oxygen atoms in total. The predicted octanol–water partition coefficient (Wildman–Crippen LogP) is -3.78. The van der Waals surface area contributed by atoms with Crippen molar-refractivity contribution in [2.24, 2.45) is 0 Å². The first-order valence-electron chi connectivity index (χ1n) is 5.01. The van der Waals surface area contributed by atoms with Gasteiger partial charge in [0, 0.05) is 0 Å². The van der Waals surface area contributed by atoms with Crippen LogP contribution in [-0.4, -0.2) is 53.1 Å². The molecule has 0 aliphatic rings. The molecule has 0 aliphatic heterocycles. The molecule has 0 aliphatic carbocycles. The molecule has 21 heavy (non-hydrogen) atoms. The van der Waals surface area contributed by atoms with Crippen molar-refractivity contribution in [3.8, 4) is 0 Å². The van der Waals surface area contributed by atoms with Gasteiger partial charge in [-0.25, -0.2) is 9.59 Å². The first kappa shape index (κ1) is 20.0. The van der Waals surface area contributed by atoms with Crippen LogP contribution < -0.4 is 29.6 Å². The van der Waals surface area contributed by atoms with E-state index in [1.807, 2.05) is 0 Å². The summed E-state index contributed by atoms with van der Waals surface area (Å²) in [6, 6.07) is 2.23. The Kier molecular flexibility index (Phi) is 7.47. The Balaban J connectivity index is 0. The minimum Gasteiger partial charge on any atom is -1.00 e. The van der Waals surface area contributed by atoms with Gasteiger partial charge in [0.15, 0.2) is 6.29 Å². The van der Waals surface area contributed by atoms with Gasteiger partial charge in [0.05, 0.1) is 16.0 Å². The van der Waals surface area contributed by atoms with Crippen molar-refractivity contribution in [2.45, 2.75) is 11.2 Å². The van der Waals surface area contributed by atoms with Crippen molar-refractivity contribution >= 4 is 22.1 Å². The Hall–Kier alpha value is -1.01. The van der Waals surface area contributed by atoms with Crippen molar-refractivity contribution in [3.63, 3.8) is 0 Å². The molecule has 4 N–H and O–H groups in total. The van der Waals surface area contributed by atoms with E-state index < -0.39 is 51.0 Å². The number of aromatic carboxylic acids is 1. The van der Waals surface area contributed by atoms with Gasteiger partial charge in [-0.1, -0.05) is 0 Å². The number of hydrogen-bond acceptors (Lipinski definition) is 7. The predicted molar refractivity (Wildman–Crippen MR) is 62.8 cm³/mol. The summed E-state index contributed by atoms with van der Waals surface area (Å²) >= 11 is 0. The summed E-state index contributed by atoms with van der Waals surface area (Å²) in [5, 5.41) is 26.0. The molecular weight excluding hydrogens is 319 g/mol. The van der Waals surface area contributed by atoms with E-state index in [1.165, 1.54) is 0 Å². The largest absolute Gasteiger partial charge is 1.00 e. The van der Waals surface area contributed by atoms with Crippen molar-refractivity contribution < 1.29 is 73.6 Å². The number of carboxylic acid groups (broad SMARTS) is 1. The smallest absolute Gasteiger partial charge is 1.00 e. The fourth-order valence-corrected chi connectivity index (χ4v) is 1.77. The maximum absolute atomic E-state index is 11.5. The van der Waals surface area contributed by atoms with Crippen molar-refractivity contribution in [2.75, 3.05) is 6.61 Å². The number of hydrogen-bond donors (Lipinski definition) is 4. The molecule has 1 aromatic carbocycles. The van der Waals surface area contributed by atoms with E-state index in [-0.39, 0.29) is 31.0 Å². The SMILES string of the molecule is O=C(O)c1cc(S(=O)(=O)O)ccc1C(=O)OCC(O)O.[H-].[Na+]. The second kappa shape index (κ2) is 7.84. The van der Waals surface area contributed by atoms with Crippen LogP contribution in [0.15, 0.2) is 23.1 Å². The van der Waals surface area contributed by atoms with E-state index in [0.29, 0.717) is 6.07 Å². The van der Waals surface area contributed by atoms with Gasteiger partial charge in [-0.15, -0.1) is 0 Å². The molecule has 0 bridgehead atoms. The van der Waals surface area contributed by atoms with E-state index in [0.717, 1.165) is 12.1 Å². The maximum Gasteiger partial charge on any atom is 1.00 e. The zero-order valence-corrected chi connectivity index (χ0v) is 13.6. The number of carbonyl (C=O) groups excluding carboxylic acids is 1. The maximum atomic E-state index is 11.5. The van der Waals surface area contributed by atoms with Crippen molar-refractivity contribution in [3.05, 3.63) is 29.3 Å². The molecule has 0 aromatic heterocycles. The Morgan fingerprint density at radius 1 is 1.24 bits per heavy atom. The quantitative estimate of drug-likeness (QED) is 0.184. The molecule has 0 saturated heterocycles. The Morgan fingerprint density at radius 2 is 1.81 bits per heavy atom. The molecular formula is C10H11NaO9S. The number of carbonyl (C=O) groups is 2. The van der Waals surface area contributed by atoms with Crippen LogP contribution in [0.2, 0.25) is 0 Å². The summed E-state index contributed by atoms with van der Waals surface area (Å²) in [5.41, 5.74) is -1.21. The first-order valence-corrected chi connectivity index (χ1v) is 6.45. The second-order valence-electron chi connectivity index (χ2n) is 3.57. The van der Waals surface area contributed by atoms with Crippen LogP contribution in [0.25, 0.3) is 0 Å². The molecule has 11 heteroatoms. The average Bonchev–Trinajstić information content (AvgIpc) is 2.33. The summed E-state index contributed by atoms with van der Waals surface area (Å²) < 4.78 is 35.0. The normalized spacial score (nSPS) is 10.9. The fraction of sp³-hybridized carbons (Fsp3) is 0.200. The number of aliphatic hydroxyl groups excluding tert-OH is 1. The van der Waals surface area contributed by atoms with E-state index in [1.54, 1.807) is 0 Å². The van der Waals surface area contributed by atoms with Crippen LogP contribution in [0.4, 0.5) is 0 Å². The van der Waals surface area contributed by atoms with E-state index in [2.05, 4.69) is 4.74 Å². The molecule has 0 spiro atoms. The number of aliphatic hydroxyl groups is 2. The third kappa shape index (κ3) is 5.71. The third-order valence-electron chi connectivity index (χ3n) is 2.10. The standard InChI is InChI=1S/C10H10O9S.Na.H/c11-8(12)4-19-10(15)6-2-1-5(20(16,17)18)3-7(6)9(13)14;;/h1-3,8,11-12H,4H2,(H,13,14)(H,16,17,18);;/q;+1;-1. The second-order valence-corrected chi connectivity index (χ2v) is 4.99. The van der Waals surface area contributed by atoms with Crippen LogP contribution in [0, 0.1) is 0 Å². The first-order chi connectivity index (χ1) is 9.12. The van der Waals surface area contributed by atoms with Crippen LogP contribution in [-0.2, 0) is 14.9 Å². The molecule has 0 heterocycles. The number of carboxylic acids is 1. The molecule has 0 radical (unpaired) electrons. The minimum absolute atomic E-state index is 0.